The summed E-state index contributed by atoms with van der Waals surface area (Å²) in [5.41, 5.74) is -0.631. The molecule has 8 rings (SSSR count). The maximum absolute atomic E-state index is 12.2. The van der Waals surface area contributed by atoms with Crippen LogP contribution in [0.15, 0.2) is 11.6 Å². The Morgan fingerprint density at radius 1 is 0.657 bits per heavy atom. The minimum Gasteiger partial charge on any atom is -0.396 e. The highest BCUT2D eigenvalue weighted by atomic mass is 16.8. The monoisotopic (exact) mass is 959 g/mol. The number of aliphatic hydroxyl groups excluding tert-OH is 11. The van der Waals surface area contributed by atoms with Crippen molar-refractivity contribution in [2.75, 3.05) is 26.9 Å². The fraction of sp³-hybridized carbons (Fsp3) is 0.959. The van der Waals surface area contributed by atoms with Gasteiger partial charge in [-0.1, -0.05) is 60.1 Å². The van der Waals surface area contributed by atoms with Crippen molar-refractivity contribution in [3.8, 4) is 0 Å². The first-order valence-corrected chi connectivity index (χ1v) is 24.7. The number of aliphatic hydroxyl groups is 11. The first-order chi connectivity index (χ1) is 31.3. The van der Waals surface area contributed by atoms with E-state index in [2.05, 4.69) is 54.5 Å². The van der Waals surface area contributed by atoms with Gasteiger partial charge in [0.05, 0.1) is 44.2 Å². The topological polar surface area (TPSA) is 287 Å². The summed E-state index contributed by atoms with van der Waals surface area (Å²) >= 11 is 0. The lowest BCUT2D eigenvalue weighted by Crippen LogP contribution is -2.70. The summed E-state index contributed by atoms with van der Waals surface area (Å²) < 4.78 is 42.9. The molecule has 4 saturated carbocycles. The molecule has 3 saturated heterocycles. The quantitative estimate of drug-likeness (QED) is 0.103. The van der Waals surface area contributed by atoms with E-state index < -0.39 is 128 Å². The van der Waals surface area contributed by atoms with Gasteiger partial charge in [0.2, 0.25) is 0 Å². The van der Waals surface area contributed by atoms with Gasteiger partial charge in [-0.3, -0.25) is 0 Å². The van der Waals surface area contributed by atoms with Gasteiger partial charge in [-0.05, 0) is 97.2 Å². The molecule has 18 heteroatoms. The molecule has 0 bridgehead atoms. The molecule has 0 aromatic heterocycles. The van der Waals surface area contributed by atoms with Crippen molar-refractivity contribution < 1.29 is 89.3 Å². The summed E-state index contributed by atoms with van der Waals surface area (Å²) in [6.45, 7) is 16.2. The van der Waals surface area contributed by atoms with Gasteiger partial charge in [-0.15, -0.1) is 0 Å². The zero-order chi connectivity index (χ0) is 49.1. The number of fused-ring (bicyclic) bond motifs is 7. The van der Waals surface area contributed by atoms with E-state index in [0.29, 0.717) is 12.8 Å². The van der Waals surface area contributed by atoms with Gasteiger partial charge in [-0.25, -0.2) is 0 Å². The normalized spacial score (nSPS) is 55.0. The molecule has 18 nitrogen and oxygen atoms in total. The van der Waals surface area contributed by atoms with Crippen LogP contribution in [0.3, 0.4) is 0 Å². The number of allylic oxidation sites excluding steroid dienone is 1. The van der Waals surface area contributed by atoms with Crippen LogP contribution >= 0.6 is 0 Å². The van der Waals surface area contributed by atoms with Crippen LogP contribution in [-0.2, 0) is 33.2 Å². The summed E-state index contributed by atoms with van der Waals surface area (Å²) in [6.07, 6.45) is -16.1. The molecule has 25 atom stereocenters. The van der Waals surface area contributed by atoms with Crippen LogP contribution in [0.5, 0.6) is 0 Å². The summed E-state index contributed by atoms with van der Waals surface area (Å²) in [5, 5.41) is 120. The lowest BCUT2D eigenvalue weighted by molar-refractivity contribution is -0.374. The van der Waals surface area contributed by atoms with E-state index in [1.165, 1.54) is 12.5 Å². The summed E-state index contributed by atoms with van der Waals surface area (Å²) in [6, 6.07) is 0. The number of ether oxygens (including phenoxy) is 7. The number of hydrogen-bond donors (Lipinski definition) is 11. The minimum atomic E-state index is -1.77. The van der Waals surface area contributed by atoms with Crippen LogP contribution in [-0.4, -0.2) is 194 Å². The van der Waals surface area contributed by atoms with E-state index >= 15 is 0 Å². The largest absolute Gasteiger partial charge is 0.396 e. The van der Waals surface area contributed by atoms with Gasteiger partial charge < -0.3 is 89.3 Å². The molecule has 7 fully saturated rings. The predicted molar refractivity (Wildman–Crippen MR) is 236 cm³/mol. The van der Waals surface area contributed by atoms with Gasteiger partial charge >= 0.3 is 0 Å². The maximum Gasteiger partial charge on any atom is 0.187 e. The fourth-order valence-electron chi connectivity index (χ4n) is 15.4. The van der Waals surface area contributed by atoms with Gasteiger partial charge in [0, 0.05) is 18.4 Å². The van der Waals surface area contributed by atoms with Crippen molar-refractivity contribution in [2.45, 2.75) is 217 Å². The molecule has 0 spiro atoms. The lowest BCUT2D eigenvalue weighted by atomic mass is 9.33. The maximum atomic E-state index is 12.2. The van der Waals surface area contributed by atoms with Crippen LogP contribution in [0.2, 0.25) is 0 Å². The van der Waals surface area contributed by atoms with E-state index in [9.17, 15) is 56.2 Å². The molecule has 11 N–H and O–H groups in total. The highest BCUT2D eigenvalue weighted by Crippen LogP contribution is 2.76. The standard InChI is InChI=1S/C49H82O18/c1-22-31(53)33(55)37(59)42(63-22)67-39-27(20-62-41-36(58)34(56)32(54)26(19-50)64-41)65-43(38(60)35(39)57)66-30-11-12-46(6)28(45(30,4)5)10-13-47(7)40(46)25(61-9)16-23-24-17-44(2,3)14-15-49(24,21-51)29(52)18-48(23,47)8/h16,22,24-43,50-60H,10-15,17-21H2,1-9H3/t22-,24+,25-,26-,27+,28+,29+,30+,31-,32-,33+,34+,35+,36-,37+,38+,39+,40-,41-,42-,43-,46+,47-,48-,49-/m0/s1. The van der Waals surface area contributed by atoms with Crippen LogP contribution in [0.4, 0.5) is 0 Å². The predicted octanol–water partition coefficient (Wildman–Crippen LogP) is 0.237. The van der Waals surface area contributed by atoms with Crippen molar-refractivity contribution in [3.63, 3.8) is 0 Å². The Morgan fingerprint density at radius 3 is 1.94 bits per heavy atom. The third-order valence-electron chi connectivity index (χ3n) is 19.6. The van der Waals surface area contributed by atoms with Crippen molar-refractivity contribution in [2.24, 2.45) is 50.2 Å². The summed E-state index contributed by atoms with van der Waals surface area (Å²) in [5.74, 6) is 0.170. The molecular formula is C49H82O18. The number of rotatable bonds is 10. The Balaban J connectivity index is 1.05. The Bertz CT molecular complexity index is 1780. The summed E-state index contributed by atoms with van der Waals surface area (Å²) in [7, 11) is 1.79. The molecule has 0 unspecified atom stereocenters. The van der Waals surface area contributed by atoms with Crippen molar-refractivity contribution in [1.82, 2.24) is 0 Å². The molecule has 8 aliphatic rings. The third-order valence-corrected chi connectivity index (χ3v) is 19.6. The van der Waals surface area contributed by atoms with Crippen molar-refractivity contribution in [3.05, 3.63) is 11.6 Å². The third kappa shape index (κ3) is 8.24. The zero-order valence-corrected chi connectivity index (χ0v) is 40.8. The summed E-state index contributed by atoms with van der Waals surface area (Å²) in [4.78, 5) is 0. The molecule has 67 heavy (non-hydrogen) atoms. The van der Waals surface area contributed by atoms with Crippen LogP contribution in [0.1, 0.15) is 107 Å². The van der Waals surface area contributed by atoms with Gasteiger partial charge in [-0.2, -0.15) is 0 Å². The van der Waals surface area contributed by atoms with Crippen LogP contribution in [0, 0.1) is 50.2 Å². The molecule has 0 radical (unpaired) electrons. The van der Waals surface area contributed by atoms with E-state index in [-0.39, 0.29) is 52.1 Å². The van der Waals surface area contributed by atoms with E-state index in [4.69, 9.17) is 33.2 Å². The van der Waals surface area contributed by atoms with Gasteiger partial charge in [0.25, 0.3) is 0 Å². The highest BCUT2D eigenvalue weighted by molar-refractivity contribution is 5.37. The average Bonchev–Trinajstić information content (AvgIpc) is 3.27. The lowest BCUT2D eigenvalue weighted by Gasteiger charge is -2.73. The molecule has 386 valence electrons. The minimum absolute atomic E-state index is 0.0218. The van der Waals surface area contributed by atoms with Crippen molar-refractivity contribution >= 4 is 0 Å². The molecular weight excluding hydrogens is 877 g/mol. The Morgan fingerprint density at radius 2 is 1.28 bits per heavy atom. The average molecular weight is 959 g/mol. The first kappa shape index (κ1) is 52.3. The molecule has 0 amide bonds. The molecule has 0 aromatic carbocycles. The molecule has 3 heterocycles. The molecule has 0 aromatic rings. The van der Waals surface area contributed by atoms with Gasteiger partial charge in [0.1, 0.15) is 67.1 Å². The van der Waals surface area contributed by atoms with Crippen LogP contribution in [0.25, 0.3) is 0 Å². The Labute approximate surface area is 394 Å². The van der Waals surface area contributed by atoms with Gasteiger partial charge in [0.15, 0.2) is 18.9 Å². The Kier molecular flexibility index (Phi) is 14.5. The SMILES string of the molecule is CO[C@H]1C=C2[C@H]3CC(C)(C)CC[C@@]3(CO)[C@H](O)C[C@]2(C)[C@@]2(C)CC[C@@H]3C(C)(C)[C@H](O[C@@H]4O[C@H](CO[C@H]5O[C@@H](CO)[C@H](O)[C@@H](O)[C@@H]5O)[C@@H](O[C@@H]5O[C@@H](C)[C@H](O)[C@@H](O)[C@H]5O)[C@H](O)[C@H]4O)CC[C@@]3(C)[C@H]12. The molecule has 5 aliphatic carbocycles. The molecule has 3 aliphatic heterocycles. The number of hydrogen-bond acceptors (Lipinski definition) is 18. The second kappa shape index (κ2) is 18.5. The van der Waals surface area contributed by atoms with E-state index in [1.54, 1.807) is 7.11 Å². The van der Waals surface area contributed by atoms with E-state index in [1.807, 2.05) is 0 Å². The first-order valence-electron chi connectivity index (χ1n) is 24.7. The van der Waals surface area contributed by atoms with E-state index in [0.717, 1.165) is 38.5 Å². The fourth-order valence-corrected chi connectivity index (χ4v) is 15.4. The zero-order valence-electron chi connectivity index (χ0n) is 40.8. The second-order valence-corrected chi connectivity index (χ2v) is 24.0. The van der Waals surface area contributed by atoms with Crippen molar-refractivity contribution in [1.29, 1.82) is 0 Å². The highest BCUT2D eigenvalue weighted by Gasteiger charge is 2.72. The second-order valence-electron chi connectivity index (χ2n) is 24.0. The number of methoxy groups -OCH3 is 1. The smallest absolute Gasteiger partial charge is 0.187 e. The van der Waals surface area contributed by atoms with Crippen LogP contribution < -0.4 is 0 Å². The Hall–Kier alpha value is -0.980.